The molecule has 0 bridgehead atoms. The zero-order valence-electron chi connectivity index (χ0n) is 14.3. The first-order valence-corrected chi connectivity index (χ1v) is 8.08. The van der Waals surface area contributed by atoms with Crippen LogP contribution in [-0.2, 0) is 9.59 Å². The lowest BCUT2D eigenvalue weighted by Crippen LogP contribution is -2.13. The van der Waals surface area contributed by atoms with Crippen LogP contribution in [0.15, 0.2) is 47.3 Å². The number of rotatable bonds is 7. The van der Waals surface area contributed by atoms with Crippen molar-refractivity contribution in [2.45, 2.75) is 12.5 Å². The summed E-state index contributed by atoms with van der Waals surface area (Å²) in [7, 11) is 0. The third kappa shape index (κ3) is 7.49. The van der Waals surface area contributed by atoms with E-state index in [0.29, 0.717) is 25.1 Å². The lowest BCUT2D eigenvalue weighted by molar-refractivity contribution is -0.134. The number of halogens is 2. The van der Waals surface area contributed by atoms with E-state index in [4.69, 9.17) is 42.0 Å². The molecule has 1 heterocycles. The van der Waals surface area contributed by atoms with Gasteiger partial charge in [-0.15, -0.1) is 0 Å². The maximum atomic E-state index is 13.3. The number of nitriles is 1. The van der Waals surface area contributed by atoms with Gasteiger partial charge in [-0.2, -0.15) is 5.26 Å². The average molecular weight is 411 g/mol. The third-order valence-electron chi connectivity index (χ3n) is 3.12. The van der Waals surface area contributed by atoms with E-state index in [-0.39, 0.29) is 22.4 Å². The van der Waals surface area contributed by atoms with Gasteiger partial charge in [0.2, 0.25) is 0 Å². The topological polar surface area (TPSA) is 147 Å². The van der Waals surface area contributed by atoms with E-state index in [1.165, 1.54) is 18.6 Å². The highest BCUT2D eigenvalue weighted by atomic mass is 35.5. The Bertz CT molecular complexity index is 861. The molecule has 0 spiro atoms. The third-order valence-corrected chi connectivity index (χ3v) is 3.41. The van der Waals surface area contributed by atoms with Crippen molar-refractivity contribution in [3.63, 3.8) is 0 Å². The van der Waals surface area contributed by atoms with Gasteiger partial charge in [0, 0.05) is 30.2 Å². The summed E-state index contributed by atoms with van der Waals surface area (Å²) in [5.74, 6) is -2.95. The molecule has 10 heteroatoms. The second-order valence-electron chi connectivity index (χ2n) is 5.12. The predicted octanol–water partition coefficient (Wildman–Crippen LogP) is 3.12. The van der Waals surface area contributed by atoms with Gasteiger partial charge in [0.25, 0.3) is 0 Å². The van der Waals surface area contributed by atoms with E-state index >= 15 is 0 Å². The molecule has 0 aliphatic rings. The minimum Gasteiger partial charge on any atom is -0.484 e. The zero-order chi connectivity index (χ0) is 21.1. The lowest BCUT2D eigenvalue weighted by atomic mass is 10.1. The van der Waals surface area contributed by atoms with Crippen molar-refractivity contribution in [3.8, 4) is 11.8 Å². The second kappa shape index (κ2) is 11.4. The zero-order valence-corrected chi connectivity index (χ0v) is 15.1. The molecule has 1 atom stereocenters. The highest BCUT2D eigenvalue weighted by Crippen LogP contribution is 2.31. The van der Waals surface area contributed by atoms with E-state index in [1.54, 1.807) is 6.07 Å². The number of carbonyl (C=O) groups is 2. The number of nitrogens with zero attached hydrogens (tertiary/aromatic N) is 1. The van der Waals surface area contributed by atoms with Crippen LogP contribution in [0.3, 0.4) is 0 Å². The standard InChI is InChI=1S/C14H12ClFN2O2.C4H4O4/c15-11-6-14(10(7-18)5-12(11)16)20-13(1-3-17)9-2-4-19-8-9;5-3(6)1-2-4(7)8/h2,4-6,8,13H,1,3,17H2;1-2H,(H,5,6)(H,7,8)/t13-;/m1./s1. The number of aliphatic carboxylic acids is 2. The smallest absolute Gasteiger partial charge is 0.328 e. The summed E-state index contributed by atoms with van der Waals surface area (Å²) in [6, 6.07) is 5.96. The van der Waals surface area contributed by atoms with Crippen LogP contribution in [0.25, 0.3) is 0 Å². The van der Waals surface area contributed by atoms with Crippen molar-refractivity contribution < 1.29 is 33.3 Å². The summed E-state index contributed by atoms with van der Waals surface area (Å²) in [5, 5.41) is 24.5. The van der Waals surface area contributed by atoms with Gasteiger partial charge in [-0.3, -0.25) is 0 Å². The second-order valence-corrected chi connectivity index (χ2v) is 5.53. The monoisotopic (exact) mass is 410 g/mol. The van der Waals surface area contributed by atoms with Gasteiger partial charge >= 0.3 is 11.9 Å². The molecule has 1 aromatic carbocycles. The summed E-state index contributed by atoms with van der Waals surface area (Å²) in [5.41, 5.74) is 6.42. The minimum absolute atomic E-state index is 0.0809. The van der Waals surface area contributed by atoms with E-state index < -0.39 is 17.8 Å². The molecule has 28 heavy (non-hydrogen) atoms. The average Bonchev–Trinajstić information content (AvgIpc) is 3.17. The van der Waals surface area contributed by atoms with Crippen molar-refractivity contribution in [2.75, 3.05) is 6.54 Å². The fourth-order valence-corrected chi connectivity index (χ4v) is 2.07. The summed E-state index contributed by atoms with van der Waals surface area (Å²) in [6.45, 7) is 0.395. The number of hydrogen-bond donors (Lipinski definition) is 3. The number of furan rings is 1. The van der Waals surface area contributed by atoms with E-state index in [9.17, 15) is 14.0 Å². The van der Waals surface area contributed by atoms with Gasteiger partial charge in [-0.25, -0.2) is 14.0 Å². The summed E-state index contributed by atoms with van der Waals surface area (Å²) in [6.07, 6.45) is 4.32. The number of carboxylic acid groups (broad SMARTS) is 2. The molecule has 8 nitrogen and oxygen atoms in total. The molecular formula is C18H16ClFN2O6. The summed E-state index contributed by atoms with van der Waals surface area (Å²) >= 11 is 5.72. The van der Waals surface area contributed by atoms with Gasteiger partial charge < -0.3 is 25.1 Å². The van der Waals surface area contributed by atoms with Crippen LogP contribution in [0.2, 0.25) is 5.02 Å². The maximum absolute atomic E-state index is 13.3. The number of carboxylic acids is 2. The molecule has 0 saturated heterocycles. The van der Waals surface area contributed by atoms with E-state index in [0.717, 1.165) is 11.6 Å². The Morgan fingerprint density at radius 1 is 1.36 bits per heavy atom. The maximum Gasteiger partial charge on any atom is 0.328 e. The van der Waals surface area contributed by atoms with Gasteiger partial charge in [0.1, 0.15) is 23.7 Å². The number of nitrogens with two attached hydrogens (primary N) is 1. The Kier molecular flexibility index (Phi) is 9.22. The summed E-state index contributed by atoms with van der Waals surface area (Å²) in [4.78, 5) is 19.1. The van der Waals surface area contributed by atoms with Crippen molar-refractivity contribution in [1.82, 2.24) is 0 Å². The number of hydrogen-bond acceptors (Lipinski definition) is 6. The van der Waals surface area contributed by atoms with Crippen LogP contribution in [0.1, 0.15) is 23.7 Å². The molecule has 2 rings (SSSR count). The van der Waals surface area contributed by atoms with Gasteiger partial charge in [0.15, 0.2) is 0 Å². The van der Waals surface area contributed by atoms with Crippen LogP contribution in [-0.4, -0.2) is 28.7 Å². The molecule has 0 fully saturated rings. The fourth-order valence-electron chi connectivity index (χ4n) is 1.91. The van der Waals surface area contributed by atoms with Crippen LogP contribution < -0.4 is 10.5 Å². The van der Waals surface area contributed by atoms with Gasteiger partial charge in [0.05, 0.1) is 23.1 Å². The van der Waals surface area contributed by atoms with Crippen molar-refractivity contribution >= 4 is 23.5 Å². The molecule has 1 aromatic heterocycles. The molecule has 0 unspecified atom stereocenters. The molecule has 0 aliphatic heterocycles. The largest absolute Gasteiger partial charge is 0.484 e. The molecule has 148 valence electrons. The quantitative estimate of drug-likeness (QED) is 0.590. The molecule has 2 aromatic rings. The van der Waals surface area contributed by atoms with Crippen LogP contribution in [0.4, 0.5) is 4.39 Å². The minimum atomic E-state index is -1.26. The fraction of sp³-hybridized carbons (Fsp3) is 0.167. The Hall–Kier alpha value is -3.35. The molecule has 0 radical (unpaired) electrons. The normalized spacial score (nSPS) is 11.2. The van der Waals surface area contributed by atoms with Gasteiger partial charge in [-0.1, -0.05) is 11.6 Å². The van der Waals surface area contributed by atoms with Gasteiger partial charge in [-0.05, 0) is 18.7 Å². The SMILES string of the molecule is N#Cc1cc(F)c(Cl)cc1O[C@H](CCN)c1ccoc1.O=C(O)C=CC(=O)O. The van der Waals surface area contributed by atoms with Crippen LogP contribution >= 0.6 is 11.6 Å². The van der Waals surface area contributed by atoms with Crippen molar-refractivity contribution in [1.29, 1.82) is 5.26 Å². The summed E-state index contributed by atoms with van der Waals surface area (Å²) < 4.78 is 24.1. The molecule has 0 amide bonds. The molecule has 4 N–H and O–H groups in total. The van der Waals surface area contributed by atoms with E-state index in [1.807, 2.05) is 6.07 Å². The first-order valence-electron chi connectivity index (χ1n) is 7.70. The Morgan fingerprint density at radius 3 is 2.46 bits per heavy atom. The molecular weight excluding hydrogens is 395 g/mol. The molecule has 0 saturated carbocycles. The Labute approximate surface area is 164 Å². The Balaban J connectivity index is 0.000000416. The highest BCUT2D eigenvalue weighted by Gasteiger charge is 2.17. The first kappa shape index (κ1) is 22.7. The van der Waals surface area contributed by atoms with Crippen LogP contribution in [0.5, 0.6) is 5.75 Å². The molecule has 0 aliphatic carbocycles. The van der Waals surface area contributed by atoms with Crippen molar-refractivity contribution in [2.24, 2.45) is 5.73 Å². The number of benzene rings is 1. The van der Waals surface area contributed by atoms with Crippen molar-refractivity contribution in [3.05, 3.63) is 64.8 Å². The Morgan fingerprint density at radius 2 is 2.00 bits per heavy atom. The predicted molar refractivity (Wildman–Crippen MR) is 96.3 cm³/mol. The highest BCUT2D eigenvalue weighted by molar-refractivity contribution is 6.30. The lowest BCUT2D eigenvalue weighted by Gasteiger charge is -2.18. The number of ether oxygens (including phenoxy) is 1. The first-order chi connectivity index (χ1) is 13.3. The van der Waals surface area contributed by atoms with Crippen LogP contribution in [0, 0.1) is 17.1 Å². The van der Waals surface area contributed by atoms with E-state index in [2.05, 4.69) is 0 Å².